The van der Waals surface area contributed by atoms with E-state index in [1.54, 1.807) is 23.4 Å². The Morgan fingerprint density at radius 3 is 2.52 bits per heavy atom. The van der Waals surface area contributed by atoms with Crippen LogP contribution >= 0.6 is 11.3 Å². The standard InChI is InChI=1S/C17H21N5O2S/c1-13(15(23)20-16-18-7-12-25-16)19-17(24)22-10-8-21(9-11-22)14-5-3-2-4-6-14/h2-7,12-13H,8-11H2,1H3,(H,19,24)(H,18,20,23). The fraction of sp³-hybridized carbons (Fsp3) is 0.353. The van der Waals surface area contributed by atoms with Crippen LogP contribution in [0.2, 0.25) is 0 Å². The van der Waals surface area contributed by atoms with Gasteiger partial charge in [-0.2, -0.15) is 0 Å². The maximum Gasteiger partial charge on any atom is 0.318 e. The molecule has 0 aliphatic carbocycles. The normalized spacial score (nSPS) is 15.6. The summed E-state index contributed by atoms with van der Waals surface area (Å²) in [5.74, 6) is -0.272. The van der Waals surface area contributed by atoms with E-state index in [1.807, 2.05) is 18.2 Å². The molecule has 0 radical (unpaired) electrons. The molecular formula is C17H21N5O2S. The topological polar surface area (TPSA) is 77.6 Å². The van der Waals surface area contributed by atoms with Gasteiger partial charge in [0.1, 0.15) is 6.04 Å². The molecule has 1 fully saturated rings. The number of piperazine rings is 1. The number of benzene rings is 1. The van der Waals surface area contributed by atoms with Gasteiger partial charge in [-0.3, -0.25) is 4.79 Å². The van der Waals surface area contributed by atoms with Gasteiger partial charge in [0.15, 0.2) is 5.13 Å². The summed E-state index contributed by atoms with van der Waals surface area (Å²) in [6, 6.07) is 9.32. The first-order valence-corrected chi connectivity index (χ1v) is 9.07. The zero-order chi connectivity index (χ0) is 17.6. The second-order valence-electron chi connectivity index (χ2n) is 5.81. The van der Waals surface area contributed by atoms with Crippen LogP contribution in [0.15, 0.2) is 41.9 Å². The molecule has 132 valence electrons. The lowest BCUT2D eigenvalue weighted by Gasteiger charge is -2.36. The Morgan fingerprint density at radius 1 is 1.16 bits per heavy atom. The minimum absolute atomic E-state index is 0.213. The molecule has 1 atom stereocenters. The van der Waals surface area contributed by atoms with Gasteiger partial charge in [0, 0.05) is 43.4 Å². The van der Waals surface area contributed by atoms with Crippen molar-refractivity contribution in [1.29, 1.82) is 0 Å². The van der Waals surface area contributed by atoms with Gasteiger partial charge in [0.05, 0.1) is 0 Å². The van der Waals surface area contributed by atoms with Crippen LogP contribution in [0.3, 0.4) is 0 Å². The molecule has 1 saturated heterocycles. The predicted octanol–water partition coefficient (Wildman–Crippen LogP) is 2.00. The summed E-state index contributed by atoms with van der Waals surface area (Å²) in [4.78, 5) is 32.4. The van der Waals surface area contributed by atoms with Gasteiger partial charge in [0.2, 0.25) is 5.91 Å². The molecule has 0 spiro atoms. The molecule has 1 aromatic carbocycles. The Morgan fingerprint density at radius 2 is 1.88 bits per heavy atom. The minimum atomic E-state index is -0.622. The summed E-state index contributed by atoms with van der Waals surface area (Å²) in [5, 5.41) is 7.75. The summed E-state index contributed by atoms with van der Waals surface area (Å²) >= 11 is 1.34. The average Bonchev–Trinajstić information content (AvgIpc) is 3.15. The van der Waals surface area contributed by atoms with Crippen LogP contribution in [0.5, 0.6) is 0 Å². The maximum atomic E-state index is 12.4. The molecule has 1 aliphatic heterocycles. The van der Waals surface area contributed by atoms with E-state index < -0.39 is 6.04 Å². The Bertz CT molecular complexity index is 699. The van der Waals surface area contributed by atoms with E-state index in [1.165, 1.54) is 17.0 Å². The Hall–Kier alpha value is -2.61. The molecule has 1 aliphatic rings. The summed E-state index contributed by atoms with van der Waals surface area (Å²) < 4.78 is 0. The van der Waals surface area contributed by atoms with E-state index in [2.05, 4.69) is 32.7 Å². The minimum Gasteiger partial charge on any atom is -0.368 e. The second kappa shape index (κ2) is 7.98. The molecule has 25 heavy (non-hydrogen) atoms. The average molecular weight is 359 g/mol. The van der Waals surface area contributed by atoms with Crippen molar-refractivity contribution >= 4 is 34.1 Å². The molecule has 3 rings (SSSR count). The number of carbonyl (C=O) groups is 2. The van der Waals surface area contributed by atoms with Crippen LogP contribution in [0, 0.1) is 0 Å². The van der Waals surface area contributed by atoms with Crippen molar-refractivity contribution in [1.82, 2.24) is 15.2 Å². The number of amides is 3. The number of nitrogens with one attached hydrogen (secondary N) is 2. The first kappa shape index (κ1) is 17.2. The fourth-order valence-electron chi connectivity index (χ4n) is 2.65. The zero-order valence-electron chi connectivity index (χ0n) is 14.0. The van der Waals surface area contributed by atoms with Crippen molar-refractivity contribution in [2.75, 3.05) is 36.4 Å². The Balaban J connectivity index is 1.46. The molecule has 1 aromatic heterocycles. The van der Waals surface area contributed by atoms with Crippen molar-refractivity contribution in [3.05, 3.63) is 41.9 Å². The highest BCUT2D eigenvalue weighted by atomic mass is 32.1. The highest BCUT2D eigenvalue weighted by molar-refractivity contribution is 7.13. The van der Waals surface area contributed by atoms with Gasteiger partial charge in [0.25, 0.3) is 0 Å². The number of carbonyl (C=O) groups excluding carboxylic acids is 2. The third-order valence-electron chi connectivity index (χ3n) is 4.08. The van der Waals surface area contributed by atoms with Crippen molar-refractivity contribution in [3.63, 3.8) is 0 Å². The van der Waals surface area contributed by atoms with Gasteiger partial charge in [-0.15, -0.1) is 11.3 Å². The van der Waals surface area contributed by atoms with E-state index in [4.69, 9.17) is 0 Å². The molecule has 7 nitrogen and oxygen atoms in total. The van der Waals surface area contributed by atoms with Crippen LogP contribution in [0.4, 0.5) is 15.6 Å². The SMILES string of the molecule is CC(NC(=O)N1CCN(c2ccccc2)CC1)C(=O)Nc1nccs1. The van der Waals surface area contributed by atoms with Crippen LogP contribution in [-0.4, -0.2) is 54.0 Å². The first-order chi connectivity index (χ1) is 12.1. The largest absolute Gasteiger partial charge is 0.368 e. The number of hydrogen-bond acceptors (Lipinski definition) is 5. The van der Waals surface area contributed by atoms with Crippen molar-refractivity contribution in [3.8, 4) is 0 Å². The number of anilines is 2. The number of rotatable bonds is 4. The quantitative estimate of drug-likeness (QED) is 0.875. The number of para-hydroxylation sites is 1. The third-order valence-corrected chi connectivity index (χ3v) is 4.77. The van der Waals surface area contributed by atoms with E-state index in [9.17, 15) is 9.59 Å². The lowest BCUT2D eigenvalue weighted by Crippen LogP contribution is -2.54. The lowest BCUT2D eigenvalue weighted by atomic mass is 10.2. The summed E-state index contributed by atoms with van der Waals surface area (Å²) in [6.07, 6.45) is 1.62. The number of thiazole rings is 1. The van der Waals surface area contributed by atoms with Gasteiger partial charge in [-0.25, -0.2) is 9.78 Å². The summed E-state index contributed by atoms with van der Waals surface area (Å²) in [6.45, 7) is 4.47. The highest BCUT2D eigenvalue weighted by Gasteiger charge is 2.24. The summed E-state index contributed by atoms with van der Waals surface area (Å²) in [5.41, 5.74) is 1.17. The van der Waals surface area contributed by atoms with E-state index in [0.717, 1.165) is 13.1 Å². The van der Waals surface area contributed by atoms with Gasteiger partial charge >= 0.3 is 6.03 Å². The zero-order valence-corrected chi connectivity index (χ0v) is 14.8. The molecular weight excluding hydrogens is 338 g/mol. The Labute approximate surface area is 150 Å². The number of aromatic nitrogens is 1. The summed E-state index contributed by atoms with van der Waals surface area (Å²) in [7, 11) is 0. The van der Waals surface area contributed by atoms with Gasteiger partial charge < -0.3 is 20.4 Å². The molecule has 1 unspecified atom stereocenters. The van der Waals surface area contributed by atoms with E-state index in [-0.39, 0.29) is 11.9 Å². The predicted molar refractivity (Wildman–Crippen MR) is 99.0 cm³/mol. The fourth-order valence-corrected chi connectivity index (χ4v) is 3.18. The van der Waals surface area contributed by atoms with Crippen molar-refractivity contribution in [2.24, 2.45) is 0 Å². The van der Waals surface area contributed by atoms with Gasteiger partial charge in [-0.1, -0.05) is 18.2 Å². The molecule has 8 heteroatoms. The Kier molecular flexibility index (Phi) is 5.49. The molecule has 0 saturated carbocycles. The molecule has 2 aromatic rings. The number of hydrogen-bond donors (Lipinski definition) is 2. The second-order valence-corrected chi connectivity index (χ2v) is 6.70. The van der Waals surface area contributed by atoms with Crippen molar-refractivity contribution in [2.45, 2.75) is 13.0 Å². The van der Waals surface area contributed by atoms with Crippen LogP contribution in [-0.2, 0) is 4.79 Å². The van der Waals surface area contributed by atoms with E-state index in [0.29, 0.717) is 18.2 Å². The number of urea groups is 1. The molecule has 2 N–H and O–H groups in total. The first-order valence-electron chi connectivity index (χ1n) is 8.19. The highest BCUT2D eigenvalue weighted by Crippen LogP contribution is 2.15. The molecule has 0 bridgehead atoms. The third kappa shape index (κ3) is 4.48. The van der Waals surface area contributed by atoms with Crippen LogP contribution in [0.1, 0.15) is 6.92 Å². The van der Waals surface area contributed by atoms with Gasteiger partial charge in [-0.05, 0) is 19.1 Å². The molecule has 2 heterocycles. The monoisotopic (exact) mass is 359 g/mol. The van der Waals surface area contributed by atoms with Crippen LogP contribution < -0.4 is 15.5 Å². The van der Waals surface area contributed by atoms with E-state index >= 15 is 0 Å². The lowest BCUT2D eigenvalue weighted by molar-refractivity contribution is -0.117. The smallest absolute Gasteiger partial charge is 0.318 e. The van der Waals surface area contributed by atoms with Crippen LogP contribution in [0.25, 0.3) is 0 Å². The molecule has 3 amide bonds. The van der Waals surface area contributed by atoms with Crippen molar-refractivity contribution < 1.29 is 9.59 Å². The number of nitrogens with zero attached hydrogens (tertiary/aromatic N) is 3. The maximum absolute atomic E-state index is 12.4.